The summed E-state index contributed by atoms with van der Waals surface area (Å²) < 4.78 is 1.11. The Morgan fingerprint density at radius 2 is 2.00 bits per heavy atom. The van der Waals surface area contributed by atoms with Crippen LogP contribution in [0.5, 0.6) is 0 Å². The largest absolute Gasteiger partial charge is 0.396 e. The molecule has 0 radical (unpaired) electrons. The van der Waals surface area contributed by atoms with E-state index in [4.69, 9.17) is 10.8 Å². The van der Waals surface area contributed by atoms with Crippen molar-refractivity contribution in [3.8, 4) is 0 Å². The lowest BCUT2D eigenvalue weighted by atomic mass is 9.96. The van der Waals surface area contributed by atoms with Crippen molar-refractivity contribution >= 4 is 15.9 Å². The molecule has 1 atom stereocenters. The second-order valence-corrected chi connectivity index (χ2v) is 4.36. The monoisotopic (exact) mass is 257 g/mol. The molecule has 0 aliphatic heterocycles. The first kappa shape index (κ1) is 11.7. The van der Waals surface area contributed by atoms with Crippen molar-refractivity contribution in [2.75, 3.05) is 6.61 Å². The van der Waals surface area contributed by atoms with Gasteiger partial charge in [0, 0.05) is 17.1 Å². The molecule has 0 saturated heterocycles. The number of hydrogen-bond donors (Lipinski definition) is 2. The predicted octanol–water partition coefficient (Wildman–Crippen LogP) is 2.45. The highest BCUT2D eigenvalue weighted by atomic mass is 79.9. The molecule has 2 nitrogen and oxygen atoms in total. The number of halogens is 1. The van der Waals surface area contributed by atoms with E-state index in [0.29, 0.717) is 6.42 Å². The minimum absolute atomic E-state index is 0.0631. The summed E-state index contributed by atoms with van der Waals surface area (Å²) in [5.41, 5.74) is 9.50. The quantitative estimate of drug-likeness (QED) is 0.874. The Morgan fingerprint density at radius 1 is 1.36 bits per heavy atom. The second kappa shape index (κ2) is 4.91. The van der Waals surface area contributed by atoms with Crippen LogP contribution in [0.15, 0.2) is 16.6 Å². The maximum absolute atomic E-state index is 8.82. The maximum Gasteiger partial charge on any atom is 0.0449 e. The highest BCUT2D eigenvalue weighted by molar-refractivity contribution is 9.10. The minimum Gasteiger partial charge on any atom is -0.396 e. The summed E-state index contributed by atoms with van der Waals surface area (Å²) in [6.45, 7) is 4.26. The van der Waals surface area contributed by atoms with Gasteiger partial charge in [0.1, 0.15) is 0 Å². The third-order valence-electron chi connectivity index (χ3n) is 2.60. The standard InChI is InChI=1S/C11H16BrNO/c1-7-8(2)10(12)4-3-9(7)11(13)5-6-14/h3-4,11,14H,5-6,13H2,1-2H3. The zero-order valence-corrected chi connectivity index (χ0v) is 10.1. The van der Waals surface area contributed by atoms with Crippen LogP contribution in [-0.4, -0.2) is 11.7 Å². The van der Waals surface area contributed by atoms with Gasteiger partial charge in [-0.05, 0) is 43.0 Å². The van der Waals surface area contributed by atoms with Crippen LogP contribution in [0.4, 0.5) is 0 Å². The number of nitrogens with two attached hydrogens (primary N) is 1. The van der Waals surface area contributed by atoms with E-state index >= 15 is 0 Å². The average Bonchev–Trinajstić information content (AvgIpc) is 2.15. The lowest BCUT2D eigenvalue weighted by Gasteiger charge is -2.16. The summed E-state index contributed by atoms with van der Waals surface area (Å²) in [4.78, 5) is 0. The van der Waals surface area contributed by atoms with Crippen molar-refractivity contribution in [1.29, 1.82) is 0 Å². The normalized spacial score (nSPS) is 12.9. The molecule has 78 valence electrons. The molecular formula is C11H16BrNO. The Morgan fingerprint density at radius 3 is 2.57 bits per heavy atom. The number of aliphatic hydroxyl groups is 1. The summed E-state index contributed by atoms with van der Waals surface area (Å²) in [5.74, 6) is 0. The fourth-order valence-corrected chi connectivity index (χ4v) is 1.93. The van der Waals surface area contributed by atoms with Crippen LogP contribution >= 0.6 is 15.9 Å². The first-order valence-corrected chi connectivity index (χ1v) is 5.49. The molecule has 0 saturated carbocycles. The maximum atomic E-state index is 8.82. The Balaban J connectivity index is 3.04. The molecule has 1 rings (SSSR count). The highest BCUT2D eigenvalue weighted by Gasteiger charge is 2.10. The number of hydrogen-bond acceptors (Lipinski definition) is 2. The van der Waals surface area contributed by atoms with E-state index in [0.717, 1.165) is 10.0 Å². The lowest BCUT2D eigenvalue weighted by Crippen LogP contribution is -2.13. The van der Waals surface area contributed by atoms with Crippen LogP contribution < -0.4 is 5.73 Å². The summed E-state index contributed by atoms with van der Waals surface area (Å²) in [6.07, 6.45) is 0.613. The van der Waals surface area contributed by atoms with Gasteiger partial charge in [-0.3, -0.25) is 0 Å². The van der Waals surface area contributed by atoms with Gasteiger partial charge in [-0.1, -0.05) is 22.0 Å². The van der Waals surface area contributed by atoms with E-state index in [1.807, 2.05) is 12.1 Å². The van der Waals surface area contributed by atoms with Crippen LogP contribution in [0.1, 0.15) is 29.2 Å². The van der Waals surface area contributed by atoms with Crippen LogP contribution in [0.25, 0.3) is 0 Å². The Bertz CT molecular complexity index is 325. The summed E-state index contributed by atoms with van der Waals surface area (Å²) in [7, 11) is 0. The van der Waals surface area contributed by atoms with Crippen LogP contribution in [0, 0.1) is 13.8 Å². The molecule has 3 N–H and O–H groups in total. The van der Waals surface area contributed by atoms with E-state index in [1.165, 1.54) is 11.1 Å². The molecule has 0 bridgehead atoms. The van der Waals surface area contributed by atoms with Crippen molar-refractivity contribution in [1.82, 2.24) is 0 Å². The van der Waals surface area contributed by atoms with Crippen LogP contribution in [-0.2, 0) is 0 Å². The smallest absolute Gasteiger partial charge is 0.0449 e. The van der Waals surface area contributed by atoms with Gasteiger partial charge in [0.05, 0.1) is 0 Å². The third-order valence-corrected chi connectivity index (χ3v) is 3.46. The molecule has 1 unspecified atom stereocenters. The van der Waals surface area contributed by atoms with Crippen LogP contribution in [0.2, 0.25) is 0 Å². The molecule has 3 heteroatoms. The summed E-state index contributed by atoms with van der Waals surface area (Å²) >= 11 is 3.48. The Hall–Kier alpha value is -0.380. The lowest BCUT2D eigenvalue weighted by molar-refractivity contribution is 0.276. The van der Waals surface area contributed by atoms with Gasteiger partial charge in [-0.25, -0.2) is 0 Å². The first-order valence-electron chi connectivity index (χ1n) is 4.70. The Labute approximate surface area is 93.3 Å². The van der Waals surface area contributed by atoms with E-state index in [9.17, 15) is 0 Å². The van der Waals surface area contributed by atoms with Crippen molar-refractivity contribution in [2.45, 2.75) is 26.3 Å². The molecule has 1 aromatic rings. The van der Waals surface area contributed by atoms with Gasteiger partial charge < -0.3 is 10.8 Å². The van der Waals surface area contributed by atoms with Crippen molar-refractivity contribution in [2.24, 2.45) is 5.73 Å². The van der Waals surface area contributed by atoms with Gasteiger partial charge in [0.25, 0.3) is 0 Å². The number of benzene rings is 1. The van der Waals surface area contributed by atoms with Gasteiger partial charge in [0.2, 0.25) is 0 Å². The molecule has 14 heavy (non-hydrogen) atoms. The number of rotatable bonds is 3. The summed E-state index contributed by atoms with van der Waals surface area (Å²) in [5, 5.41) is 8.82. The second-order valence-electron chi connectivity index (χ2n) is 3.51. The molecule has 0 aliphatic carbocycles. The van der Waals surface area contributed by atoms with E-state index < -0.39 is 0 Å². The van der Waals surface area contributed by atoms with Gasteiger partial charge in [0.15, 0.2) is 0 Å². The Kier molecular flexibility index (Phi) is 4.11. The van der Waals surface area contributed by atoms with Gasteiger partial charge >= 0.3 is 0 Å². The SMILES string of the molecule is Cc1c(Br)ccc(C(N)CCO)c1C. The van der Waals surface area contributed by atoms with E-state index in [2.05, 4.69) is 29.8 Å². The summed E-state index contributed by atoms with van der Waals surface area (Å²) in [6, 6.07) is 3.97. The first-order chi connectivity index (χ1) is 6.57. The van der Waals surface area contributed by atoms with Gasteiger partial charge in [-0.2, -0.15) is 0 Å². The van der Waals surface area contributed by atoms with Gasteiger partial charge in [-0.15, -0.1) is 0 Å². The molecular weight excluding hydrogens is 242 g/mol. The van der Waals surface area contributed by atoms with Crippen LogP contribution in [0.3, 0.4) is 0 Å². The number of aliphatic hydroxyl groups excluding tert-OH is 1. The zero-order valence-electron chi connectivity index (χ0n) is 8.55. The van der Waals surface area contributed by atoms with E-state index in [1.54, 1.807) is 0 Å². The average molecular weight is 258 g/mol. The molecule has 0 aliphatic rings. The van der Waals surface area contributed by atoms with E-state index in [-0.39, 0.29) is 12.6 Å². The molecule has 1 aromatic carbocycles. The highest BCUT2D eigenvalue weighted by Crippen LogP contribution is 2.26. The predicted molar refractivity (Wildman–Crippen MR) is 62.2 cm³/mol. The van der Waals surface area contributed by atoms with Crippen molar-refractivity contribution in [3.05, 3.63) is 33.3 Å². The molecule has 0 spiro atoms. The third kappa shape index (κ3) is 2.35. The fraction of sp³-hybridized carbons (Fsp3) is 0.455. The van der Waals surface area contributed by atoms with Crippen molar-refractivity contribution in [3.63, 3.8) is 0 Å². The van der Waals surface area contributed by atoms with Crippen molar-refractivity contribution < 1.29 is 5.11 Å². The zero-order chi connectivity index (χ0) is 10.7. The molecule has 0 aromatic heterocycles. The molecule has 0 heterocycles. The minimum atomic E-state index is -0.0631. The molecule has 0 fully saturated rings. The molecule has 0 amide bonds. The fourth-order valence-electron chi connectivity index (χ4n) is 1.50. The topological polar surface area (TPSA) is 46.2 Å².